The van der Waals surface area contributed by atoms with Crippen molar-refractivity contribution in [2.75, 3.05) is 12.9 Å². The van der Waals surface area contributed by atoms with Crippen LogP contribution in [0.15, 0.2) is 35.2 Å². The van der Waals surface area contributed by atoms with E-state index in [2.05, 4.69) is 0 Å². The monoisotopic (exact) mass is 396 g/mol. The first-order chi connectivity index (χ1) is 12.5. The Bertz CT molecular complexity index is 1030. The highest BCUT2D eigenvalue weighted by Crippen LogP contribution is 2.43. The van der Waals surface area contributed by atoms with Crippen molar-refractivity contribution in [2.45, 2.75) is 23.8 Å². The van der Waals surface area contributed by atoms with Crippen LogP contribution < -0.4 is 9.47 Å². The van der Waals surface area contributed by atoms with E-state index in [0.29, 0.717) is 5.56 Å². The number of rotatable bonds is 5. The van der Waals surface area contributed by atoms with Crippen molar-refractivity contribution in [3.8, 4) is 17.2 Å². The first-order valence-electron chi connectivity index (χ1n) is 7.90. The van der Waals surface area contributed by atoms with Crippen molar-refractivity contribution >= 4 is 15.8 Å². The van der Waals surface area contributed by atoms with Gasteiger partial charge in [0.25, 0.3) is 0 Å². The third-order valence-corrected chi connectivity index (χ3v) is 5.32. The molecule has 1 aliphatic rings. The van der Waals surface area contributed by atoms with Gasteiger partial charge < -0.3 is 19.7 Å². The number of benzene rings is 2. The van der Waals surface area contributed by atoms with Crippen LogP contribution >= 0.6 is 0 Å². The summed E-state index contributed by atoms with van der Waals surface area (Å²) in [6.45, 7) is 1.37. The molecule has 9 heteroatoms. The van der Waals surface area contributed by atoms with Crippen LogP contribution in [-0.4, -0.2) is 43.1 Å². The van der Waals surface area contributed by atoms with Gasteiger partial charge in [-0.3, -0.25) is 0 Å². The standard InChI is InChI=1S/C18H17FO7S/c1-18(9-20)8-12-14(5-10(17(21)22)6-15(12)26-18)25-11-3-4-16(13(19)7-11)27(2,23)24/h3-7,20H,8-9H2,1-2H3,(H,21,22). The second kappa shape index (κ2) is 6.50. The molecule has 0 saturated carbocycles. The number of hydrogen-bond donors (Lipinski definition) is 2. The van der Waals surface area contributed by atoms with E-state index in [1.807, 2.05) is 0 Å². The fourth-order valence-corrected chi connectivity index (χ4v) is 3.56. The Labute approximate surface area is 154 Å². The topological polar surface area (TPSA) is 110 Å². The van der Waals surface area contributed by atoms with Crippen LogP contribution in [0.3, 0.4) is 0 Å². The van der Waals surface area contributed by atoms with Crippen LogP contribution in [0.25, 0.3) is 0 Å². The Kier molecular flexibility index (Phi) is 4.61. The lowest BCUT2D eigenvalue weighted by molar-refractivity contribution is 0.0444. The van der Waals surface area contributed by atoms with Crippen LogP contribution in [0.1, 0.15) is 22.8 Å². The fourth-order valence-electron chi connectivity index (χ4n) is 2.84. The van der Waals surface area contributed by atoms with E-state index < -0.39 is 32.1 Å². The number of sulfone groups is 1. The summed E-state index contributed by atoms with van der Waals surface area (Å²) in [6.07, 6.45) is 1.15. The zero-order chi connectivity index (χ0) is 20.0. The molecular weight excluding hydrogens is 379 g/mol. The largest absolute Gasteiger partial charge is 0.484 e. The quantitative estimate of drug-likeness (QED) is 0.798. The van der Waals surface area contributed by atoms with Crippen molar-refractivity contribution in [1.29, 1.82) is 0 Å². The van der Waals surface area contributed by atoms with E-state index in [4.69, 9.17) is 9.47 Å². The molecule has 0 bridgehead atoms. The summed E-state index contributed by atoms with van der Waals surface area (Å²) in [5, 5.41) is 18.8. The van der Waals surface area contributed by atoms with E-state index in [0.717, 1.165) is 18.4 Å². The number of halogens is 1. The van der Waals surface area contributed by atoms with Crippen LogP contribution in [0.4, 0.5) is 4.39 Å². The molecule has 1 aliphatic heterocycles. The maximum absolute atomic E-state index is 14.1. The molecule has 2 aromatic rings. The lowest BCUT2D eigenvalue weighted by Crippen LogP contribution is -2.34. The van der Waals surface area contributed by atoms with Crippen molar-refractivity contribution in [3.05, 3.63) is 47.3 Å². The number of aromatic carboxylic acids is 1. The Morgan fingerprint density at radius 1 is 1.33 bits per heavy atom. The number of ether oxygens (including phenoxy) is 2. The lowest BCUT2D eigenvalue weighted by atomic mass is 9.98. The Morgan fingerprint density at radius 2 is 2.04 bits per heavy atom. The van der Waals surface area contributed by atoms with Crippen molar-refractivity contribution in [3.63, 3.8) is 0 Å². The normalized spacial score (nSPS) is 18.7. The van der Waals surface area contributed by atoms with Gasteiger partial charge in [0.05, 0.1) is 12.2 Å². The molecular formula is C18H17FO7S. The average molecular weight is 396 g/mol. The highest BCUT2D eigenvalue weighted by Gasteiger charge is 2.37. The van der Waals surface area contributed by atoms with Gasteiger partial charge in [-0.1, -0.05) is 0 Å². The smallest absolute Gasteiger partial charge is 0.335 e. The maximum atomic E-state index is 14.1. The molecule has 0 fully saturated rings. The Morgan fingerprint density at radius 3 is 2.59 bits per heavy atom. The number of aliphatic hydroxyl groups is 1. The summed E-state index contributed by atoms with van der Waals surface area (Å²) >= 11 is 0. The SMILES string of the molecule is CC1(CO)Cc2c(Oc3ccc(S(C)(=O)=O)c(F)c3)cc(C(=O)O)cc2O1. The molecule has 3 rings (SSSR count). The average Bonchev–Trinajstić information content (AvgIpc) is 2.91. The number of hydrogen-bond acceptors (Lipinski definition) is 6. The first kappa shape index (κ1) is 19.1. The van der Waals surface area contributed by atoms with Crippen LogP contribution in [0.2, 0.25) is 0 Å². The van der Waals surface area contributed by atoms with E-state index in [9.17, 15) is 27.8 Å². The van der Waals surface area contributed by atoms with Gasteiger partial charge in [-0.15, -0.1) is 0 Å². The molecule has 0 aliphatic carbocycles. The van der Waals surface area contributed by atoms with E-state index in [1.165, 1.54) is 18.2 Å². The van der Waals surface area contributed by atoms with Crippen molar-refractivity contribution < 1.29 is 37.3 Å². The number of carbonyl (C=O) groups is 1. The molecule has 0 radical (unpaired) electrons. The summed E-state index contributed by atoms with van der Waals surface area (Å²) < 4.78 is 48.4. The number of carboxylic acids is 1. The molecule has 1 atom stereocenters. The van der Waals surface area contributed by atoms with Gasteiger partial charge >= 0.3 is 5.97 Å². The molecule has 27 heavy (non-hydrogen) atoms. The Balaban J connectivity index is 2.03. The minimum atomic E-state index is -3.73. The minimum absolute atomic E-state index is 0.00207. The van der Waals surface area contributed by atoms with Gasteiger partial charge in [-0.25, -0.2) is 17.6 Å². The predicted molar refractivity (Wildman–Crippen MR) is 92.8 cm³/mol. The second-order valence-electron chi connectivity index (χ2n) is 6.61. The molecule has 0 aromatic heterocycles. The third kappa shape index (κ3) is 3.74. The Hall–Kier alpha value is -2.65. The van der Waals surface area contributed by atoms with Crippen molar-refractivity contribution in [1.82, 2.24) is 0 Å². The van der Waals surface area contributed by atoms with Gasteiger partial charge in [0, 0.05) is 24.3 Å². The summed E-state index contributed by atoms with van der Waals surface area (Å²) in [5.41, 5.74) is -0.494. The molecule has 0 saturated heterocycles. The van der Waals surface area contributed by atoms with Crippen molar-refractivity contribution in [2.24, 2.45) is 0 Å². The predicted octanol–water partition coefficient (Wildman–Crippen LogP) is 2.41. The summed E-state index contributed by atoms with van der Waals surface area (Å²) in [4.78, 5) is 10.9. The number of aliphatic hydroxyl groups excluding tert-OH is 1. The van der Waals surface area contributed by atoms with E-state index in [-0.39, 0.29) is 35.8 Å². The highest BCUT2D eigenvalue weighted by atomic mass is 32.2. The first-order valence-corrected chi connectivity index (χ1v) is 9.79. The van der Waals surface area contributed by atoms with E-state index >= 15 is 0 Å². The zero-order valence-electron chi connectivity index (χ0n) is 14.5. The fraction of sp³-hybridized carbons (Fsp3) is 0.278. The summed E-state index contributed by atoms with van der Waals surface area (Å²) in [6, 6.07) is 5.88. The number of fused-ring (bicyclic) bond motifs is 1. The highest BCUT2D eigenvalue weighted by molar-refractivity contribution is 7.90. The zero-order valence-corrected chi connectivity index (χ0v) is 15.3. The molecule has 7 nitrogen and oxygen atoms in total. The second-order valence-corrected chi connectivity index (χ2v) is 8.59. The summed E-state index contributed by atoms with van der Waals surface area (Å²) in [7, 11) is -3.73. The molecule has 144 valence electrons. The number of carboxylic acid groups (broad SMARTS) is 1. The van der Waals surface area contributed by atoms with Gasteiger partial charge in [-0.2, -0.15) is 0 Å². The van der Waals surface area contributed by atoms with E-state index in [1.54, 1.807) is 6.92 Å². The molecule has 1 heterocycles. The van der Waals surface area contributed by atoms with Gasteiger partial charge in [-0.05, 0) is 31.2 Å². The molecule has 0 spiro atoms. The van der Waals surface area contributed by atoms with Crippen LogP contribution in [0, 0.1) is 5.82 Å². The maximum Gasteiger partial charge on any atom is 0.335 e. The lowest BCUT2D eigenvalue weighted by Gasteiger charge is -2.20. The van der Waals surface area contributed by atoms with Crippen LogP contribution in [0.5, 0.6) is 17.2 Å². The molecule has 1 unspecified atom stereocenters. The minimum Gasteiger partial charge on any atom is -0.484 e. The molecule has 0 amide bonds. The van der Waals surface area contributed by atoms with Crippen LogP contribution in [-0.2, 0) is 16.3 Å². The summed E-state index contributed by atoms with van der Waals surface area (Å²) in [5.74, 6) is -1.79. The third-order valence-electron chi connectivity index (χ3n) is 4.19. The molecule has 2 aromatic carbocycles. The van der Waals surface area contributed by atoms with Gasteiger partial charge in [0.2, 0.25) is 0 Å². The van der Waals surface area contributed by atoms with Gasteiger partial charge in [0.1, 0.15) is 33.6 Å². The van der Waals surface area contributed by atoms with Gasteiger partial charge in [0.15, 0.2) is 9.84 Å². The molecule has 2 N–H and O–H groups in total.